The van der Waals surface area contributed by atoms with Crippen molar-refractivity contribution in [2.75, 3.05) is 38.7 Å². The van der Waals surface area contributed by atoms with Crippen molar-refractivity contribution in [3.63, 3.8) is 0 Å². The van der Waals surface area contributed by atoms with Crippen molar-refractivity contribution in [1.29, 1.82) is 0 Å². The summed E-state index contributed by atoms with van der Waals surface area (Å²) in [4.78, 5) is 25.2. The summed E-state index contributed by atoms with van der Waals surface area (Å²) in [5.41, 5.74) is 1.19. The number of aromatic nitrogens is 2. The van der Waals surface area contributed by atoms with Crippen molar-refractivity contribution >= 4 is 11.9 Å². The second-order valence-electron chi connectivity index (χ2n) is 7.06. The van der Waals surface area contributed by atoms with Crippen molar-refractivity contribution < 1.29 is 13.9 Å². The molecule has 7 heteroatoms. The van der Waals surface area contributed by atoms with Crippen LogP contribution in [0.25, 0.3) is 0 Å². The summed E-state index contributed by atoms with van der Waals surface area (Å²) in [7, 11) is 3.72. The maximum atomic E-state index is 13.7. The molecule has 27 heavy (non-hydrogen) atoms. The second kappa shape index (κ2) is 8.33. The highest BCUT2D eigenvalue weighted by Gasteiger charge is 2.26. The zero-order valence-corrected chi connectivity index (χ0v) is 16.0. The normalized spacial score (nSPS) is 16.9. The molecule has 1 aromatic heterocycles. The van der Waals surface area contributed by atoms with E-state index in [0.717, 1.165) is 12.8 Å². The van der Waals surface area contributed by atoms with Gasteiger partial charge in [-0.1, -0.05) is 12.1 Å². The second-order valence-corrected chi connectivity index (χ2v) is 7.06. The average molecular weight is 372 g/mol. The first-order valence-electron chi connectivity index (χ1n) is 9.13. The number of nitrogens with zero attached hydrogens (tertiary/aromatic N) is 4. The van der Waals surface area contributed by atoms with E-state index in [2.05, 4.69) is 9.97 Å². The topological polar surface area (TPSA) is 58.6 Å². The maximum absolute atomic E-state index is 13.7. The molecule has 1 fully saturated rings. The van der Waals surface area contributed by atoms with Crippen LogP contribution in [0.3, 0.4) is 0 Å². The number of rotatable bonds is 5. The van der Waals surface area contributed by atoms with E-state index in [1.165, 1.54) is 6.07 Å². The van der Waals surface area contributed by atoms with Crippen LogP contribution in [0.15, 0.2) is 30.5 Å². The van der Waals surface area contributed by atoms with E-state index in [4.69, 9.17) is 4.74 Å². The van der Waals surface area contributed by atoms with Gasteiger partial charge in [0.1, 0.15) is 0 Å². The fraction of sp³-hybridized carbons (Fsp3) is 0.450. The third kappa shape index (κ3) is 4.53. The summed E-state index contributed by atoms with van der Waals surface area (Å²) in [6.07, 6.45) is 3.44. The minimum atomic E-state index is -0.366. The molecule has 3 rings (SSSR count). The molecule has 0 aliphatic carbocycles. The number of ether oxygens (including phenoxy) is 1. The quantitative estimate of drug-likeness (QED) is 0.808. The molecule has 1 aromatic carbocycles. The Labute approximate surface area is 159 Å². The van der Waals surface area contributed by atoms with Gasteiger partial charge in [-0.3, -0.25) is 4.79 Å². The first-order chi connectivity index (χ1) is 13.0. The van der Waals surface area contributed by atoms with Crippen molar-refractivity contribution in [2.24, 2.45) is 5.92 Å². The van der Waals surface area contributed by atoms with Crippen molar-refractivity contribution in [3.05, 3.63) is 47.5 Å². The van der Waals surface area contributed by atoms with Gasteiger partial charge in [-0.2, -0.15) is 0 Å². The number of benzene rings is 1. The molecule has 1 atom stereocenters. The highest BCUT2D eigenvalue weighted by Crippen LogP contribution is 2.22. The number of para-hydroxylation sites is 1. The number of carbonyl (C=O) groups excluding carboxylic acids is 1. The highest BCUT2D eigenvalue weighted by atomic mass is 19.1. The number of carbonyl (C=O) groups is 1. The largest absolute Gasteiger partial charge is 0.490 e. The molecule has 144 valence electrons. The molecule has 0 saturated carbocycles. The minimum Gasteiger partial charge on any atom is -0.490 e. The van der Waals surface area contributed by atoms with Crippen LogP contribution in [0.1, 0.15) is 28.9 Å². The van der Waals surface area contributed by atoms with E-state index in [1.807, 2.05) is 25.9 Å². The summed E-state index contributed by atoms with van der Waals surface area (Å²) in [6.45, 7) is 3.50. The lowest BCUT2D eigenvalue weighted by Crippen LogP contribution is -2.42. The molecule has 2 aromatic rings. The van der Waals surface area contributed by atoms with Gasteiger partial charge in [-0.15, -0.1) is 0 Å². The predicted octanol–water partition coefficient (Wildman–Crippen LogP) is 2.92. The molecule has 0 N–H and O–H groups in total. The number of anilines is 1. The lowest BCUT2D eigenvalue weighted by molar-refractivity contribution is 0.0629. The van der Waals surface area contributed by atoms with Crippen LogP contribution in [0.5, 0.6) is 5.75 Å². The van der Waals surface area contributed by atoms with E-state index in [1.54, 1.807) is 29.3 Å². The molecule has 6 nitrogen and oxygen atoms in total. The lowest BCUT2D eigenvalue weighted by Gasteiger charge is -2.33. The molecular formula is C20H25FN4O2. The van der Waals surface area contributed by atoms with Gasteiger partial charge < -0.3 is 14.5 Å². The molecule has 1 amide bonds. The van der Waals surface area contributed by atoms with Crippen LogP contribution < -0.4 is 9.64 Å². The van der Waals surface area contributed by atoms with Crippen LogP contribution in [0, 0.1) is 18.7 Å². The van der Waals surface area contributed by atoms with Crippen LogP contribution in [0.4, 0.5) is 10.3 Å². The Kier molecular flexibility index (Phi) is 5.88. The maximum Gasteiger partial charge on any atom is 0.257 e. The molecule has 0 unspecified atom stereocenters. The monoisotopic (exact) mass is 372 g/mol. The van der Waals surface area contributed by atoms with Gasteiger partial charge in [-0.25, -0.2) is 14.4 Å². The highest BCUT2D eigenvalue weighted by molar-refractivity contribution is 5.95. The first-order valence-corrected chi connectivity index (χ1v) is 9.13. The summed E-state index contributed by atoms with van der Waals surface area (Å²) >= 11 is 0. The third-order valence-electron chi connectivity index (χ3n) is 4.71. The molecule has 0 bridgehead atoms. The summed E-state index contributed by atoms with van der Waals surface area (Å²) in [6, 6.07) is 6.38. The third-order valence-corrected chi connectivity index (χ3v) is 4.71. The van der Waals surface area contributed by atoms with Crippen LogP contribution in [-0.2, 0) is 0 Å². The summed E-state index contributed by atoms with van der Waals surface area (Å²) in [5, 5.41) is 0. The number of aryl methyl sites for hydroxylation is 1. The molecule has 1 saturated heterocycles. The Hall–Kier alpha value is -2.70. The molecule has 0 radical (unpaired) electrons. The zero-order chi connectivity index (χ0) is 19.4. The predicted molar refractivity (Wildman–Crippen MR) is 102 cm³/mol. The van der Waals surface area contributed by atoms with Crippen LogP contribution in [0.2, 0.25) is 0 Å². The SMILES string of the molecule is Cc1nc(N(C)C)ncc1C(=O)N1CCC[C@@H](COc2ccccc2F)C1. The van der Waals surface area contributed by atoms with E-state index >= 15 is 0 Å². The Balaban J connectivity index is 1.63. The van der Waals surface area contributed by atoms with Gasteiger partial charge in [0.25, 0.3) is 5.91 Å². The van der Waals surface area contributed by atoms with Gasteiger partial charge in [0, 0.05) is 39.3 Å². The number of hydrogen-bond donors (Lipinski definition) is 0. The van der Waals surface area contributed by atoms with Gasteiger partial charge in [0.2, 0.25) is 5.95 Å². The summed E-state index contributed by atoms with van der Waals surface area (Å²) in [5.74, 6) is 0.580. The van der Waals surface area contributed by atoms with Crippen LogP contribution >= 0.6 is 0 Å². The number of amides is 1. The smallest absolute Gasteiger partial charge is 0.257 e. The van der Waals surface area contributed by atoms with Gasteiger partial charge >= 0.3 is 0 Å². The molecule has 2 heterocycles. The van der Waals surface area contributed by atoms with Crippen LogP contribution in [-0.4, -0.2) is 54.6 Å². The molecule has 0 spiro atoms. The Morgan fingerprint density at radius 3 is 2.85 bits per heavy atom. The Bertz CT molecular complexity index is 812. The fourth-order valence-corrected chi connectivity index (χ4v) is 3.21. The van der Waals surface area contributed by atoms with Crippen molar-refractivity contribution in [3.8, 4) is 5.75 Å². The minimum absolute atomic E-state index is 0.0617. The average Bonchev–Trinajstić information content (AvgIpc) is 2.67. The van der Waals surface area contributed by atoms with Crippen molar-refractivity contribution in [2.45, 2.75) is 19.8 Å². The van der Waals surface area contributed by atoms with E-state index in [0.29, 0.717) is 36.9 Å². The number of halogens is 1. The molecule has 1 aliphatic heterocycles. The standard InChI is InChI=1S/C20H25FN4O2/c1-14-16(11-22-20(23-14)24(2)3)19(26)25-10-6-7-15(12-25)13-27-18-9-5-4-8-17(18)21/h4-5,8-9,11,15H,6-7,10,12-13H2,1-3H3/t15-/m1/s1. The van der Waals surface area contributed by atoms with Gasteiger partial charge in [0.15, 0.2) is 11.6 Å². The number of likely N-dealkylation sites (tertiary alicyclic amines) is 1. The number of piperidine rings is 1. The Morgan fingerprint density at radius 1 is 1.37 bits per heavy atom. The first kappa shape index (κ1) is 19.1. The Morgan fingerprint density at radius 2 is 2.15 bits per heavy atom. The van der Waals surface area contributed by atoms with E-state index < -0.39 is 0 Å². The van der Waals surface area contributed by atoms with E-state index in [-0.39, 0.29) is 23.4 Å². The van der Waals surface area contributed by atoms with E-state index in [9.17, 15) is 9.18 Å². The summed E-state index contributed by atoms with van der Waals surface area (Å²) < 4.78 is 19.3. The number of hydrogen-bond acceptors (Lipinski definition) is 5. The fourth-order valence-electron chi connectivity index (χ4n) is 3.21. The molecule has 1 aliphatic rings. The molecular weight excluding hydrogens is 347 g/mol. The zero-order valence-electron chi connectivity index (χ0n) is 16.0. The van der Waals surface area contributed by atoms with Gasteiger partial charge in [0.05, 0.1) is 17.9 Å². The van der Waals surface area contributed by atoms with Crippen molar-refractivity contribution in [1.82, 2.24) is 14.9 Å². The lowest BCUT2D eigenvalue weighted by atomic mass is 9.98. The van der Waals surface area contributed by atoms with Gasteiger partial charge in [-0.05, 0) is 31.9 Å².